The molecule has 1 saturated heterocycles. The molecule has 1 aromatic carbocycles. The molecular formula is C13H11NO4. The first-order valence-corrected chi connectivity index (χ1v) is 5.76. The molecule has 0 aromatic heterocycles. The van der Waals surface area contributed by atoms with Gasteiger partial charge in [-0.05, 0) is 24.1 Å². The highest BCUT2D eigenvalue weighted by Gasteiger charge is 2.59. The van der Waals surface area contributed by atoms with Crippen LogP contribution in [0.3, 0.4) is 0 Å². The fourth-order valence-electron chi connectivity index (χ4n) is 2.42. The maximum Gasteiger partial charge on any atom is 0.307 e. The molecule has 2 aliphatic rings. The van der Waals surface area contributed by atoms with Crippen LogP contribution in [0.25, 0.3) is 0 Å². The quantitative estimate of drug-likeness (QED) is 0.800. The SMILES string of the molecule is O=C(O)Cc1cccc(N2C(=O)C3CC3C2=O)c1. The number of piperidine rings is 1. The predicted octanol–water partition coefficient (Wildman–Crippen LogP) is 0.823. The Morgan fingerprint density at radius 1 is 1.28 bits per heavy atom. The lowest BCUT2D eigenvalue weighted by Crippen LogP contribution is -2.32. The van der Waals surface area contributed by atoms with Crippen molar-refractivity contribution in [2.24, 2.45) is 11.8 Å². The van der Waals surface area contributed by atoms with Crippen molar-refractivity contribution < 1.29 is 19.5 Å². The zero-order valence-electron chi connectivity index (χ0n) is 9.50. The van der Waals surface area contributed by atoms with Crippen molar-refractivity contribution in [3.8, 4) is 0 Å². The molecule has 1 aliphatic carbocycles. The molecule has 92 valence electrons. The van der Waals surface area contributed by atoms with Crippen molar-refractivity contribution in [2.75, 3.05) is 4.90 Å². The van der Waals surface area contributed by atoms with Gasteiger partial charge in [-0.1, -0.05) is 12.1 Å². The van der Waals surface area contributed by atoms with Crippen LogP contribution >= 0.6 is 0 Å². The minimum Gasteiger partial charge on any atom is -0.481 e. The Balaban J connectivity index is 1.90. The molecule has 0 bridgehead atoms. The highest BCUT2D eigenvalue weighted by Crippen LogP contribution is 2.48. The Morgan fingerprint density at radius 2 is 1.94 bits per heavy atom. The fourth-order valence-corrected chi connectivity index (χ4v) is 2.42. The summed E-state index contributed by atoms with van der Waals surface area (Å²) in [4.78, 5) is 35.6. The predicted molar refractivity (Wildman–Crippen MR) is 61.9 cm³/mol. The van der Waals surface area contributed by atoms with E-state index in [1.165, 1.54) is 4.90 Å². The van der Waals surface area contributed by atoms with E-state index < -0.39 is 5.97 Å². The minimum atomic E-state index is -0.936. The van der Waals surface area contributed by atoms with Crippen molar-refractivity contribution in [2.45, 2.75) is 12.8 Å². The van der Waals surface area contributed by atoms with Crippen LogP contribution in [0.1, 0.15) is 12.0 Å². The fraction of sp³-hybridized carbons (Fsp3) is 0.308. The number of fused-ring (bicyclic) bond motifs is 1. The van der Waals surface area contributed by atoms with Crippen LogP contribution < -0.4 is 4.90 Å². The maximum atomic E-state index is 11.9. The molecule has 1 heterocycles. The van der Waals surface area contributed by atoms with Gasteiger partial charge in [0.05, 0.1) is 23.9 Å². The Labute approximate surface area is 103 Å². The zero-order chi connectivity index (χ0) is 12.9. The molecule has 2 fully saturated rings. The van der Waals surface area contributed by atoms with Crippen LogP contribution in [-0.2, 0) is 20.8 Å². The van der Waals surface area contributed by atoms with Crippen LogP contribution in [-0.4, -0.2) is 22.9 Å². The molecule has 5 nitrogen and oxygen atoms in total. The van der Waals surface area contributed by atoms with E-state index in [4.69, 9.17) is 5.11 Å². The van der Waals surface area contributed by atoms with Crippen LogP contribution in [0.15, 0.2) is 24.3 Å². The van der Waals surface area contributed by atoms with E-state index in [0.29, 0.717) is 17.7 Å². The van der Waals surface area contributed by atoms with Crippen LogP contribution in [0, 0.1) is 11.8 Å². The lowest BCUT2D eigenvalue weighted by Gasteiger charge is -2.17. The molecule has 1 aromatic rings. The number of amides is 2. The van der Waals surface area contributed by atoms with Gasteiger partial charge >= 0.3 is 5.97 Å². The number of imide groups is 1. The summed E-state index contributed by atoms with van der Waals surface area (Å²) < 4.78 is 0. The molecule has 18 heavy (non-hydrogen) atoms. The van der Waals surface area contributed by atoms with Crippen molar-refractivity contribution in [1.82, 2.24) is 0 Å². The molecule has 5 heteroatoms. The van der Waals surface area contributed by atoms with Gasteiger partial charge in [0.25, 0.3) is 0 Å². The first-order valence-electron chi connectivity index (χ1n) is 5.76. The third-order valence-corrected chi connectivity index (χ3v) is 3.39. The summed E-state index contributed by atoms with van der Waals surface area (Å²) >= 11 is 0. The number of aliphatic carboxylic acids is 1. The zero-order valence-corrected chi connectivity index (χ0v) is 9.50. The first kappa shape index (κ1) is 11.0. The molecule has 2 amide bonds. The second-order valence-corrected chi connectivity index (χ2v) is 4.70. The molecule has 1 aliphatic heterocycles. The third kappa shape index (κ3) is 1.59. The van der Waals surface area contributed by atoms with Crippen molar-refractivity contribution in [3.63, 3.8) is 0 Å². The average Bonchev–Trinajstić information content (AvgIpc) is 3.03. The highest BCUT2D eigenvalue weighted by atomic mass is 16.4. The Hall–Kier alpha value is -2.17. The number of rotatable bonds is 3. The number of carbonyl (C=O) groups excluding carboxylic acids is 2. The van der Waals surface area contributed by atoms with E-state index in [2.05, 4.69) is 0 Å². The summed E-state index contributed by atoms with van der Waals surface area (Å²) in [6.07, 6.45) is 0.555. The van der Waals surface area contributed by atoms with Crippen LogP contribution in [0.5, 0.6) is 0 Å². The third-order valence-electron chi connectivity index (χ3n) is 3.39. The van der Waals surface area contributed by atoms with E-state index in [-0.39, 0.29) is 30.1 Å². The van der Waals surface area contributed by atoms with Crippen LogP contribution in [0.2, 0.25) is 0 Å². The van der Waals surface area contributed by atoms with Gasteiger partial charge in [-0.3, -0.25) is 19.3 Å². The van der Waals surface area contributed by atoms with E-state index in [1.54, 1.807) is 24.3 Å². The van der Waals surface area contributed by atoms with Gasteiger partial charge in [0.2, 0.25) is 11.8 Å². The van der Waals surface area contributed by atoms with Crippen molar-refractivity contribution >= 4 is 23.5 Å². The van der Waals surface area contributed by atoms with Crippen molar-refractivity contribution in [3.05, 3.63) is 29.8 Å². The van der Waals surface area contributed by atoms with Crippen molar-refractivity contribution in [1.29, 1.82) is 0 Å². The second kappa shape index (κ2) is 3.66. The summed E-state index contributed by atoms with van der Waals surface area (Å²) in [6.45, 7) is 0. The van der Waals surface area contributed by atoms with E-state index in [0.717, 1.165) is 0 Å². The molecule has 2 atom stereocenters. The van der Waals surface area contributed by atoms with Gasteiger partial charge in [-0.25, -0.2) is 0 Å². The Kier molecular flexibility index (Phi) is 2.23. The molecule has 0 radical (unpaired) electrons. The Bertz CT molecular complexity index is 546. The summed E-state index contributed by atoms with van der Waals surface area (Å²) in [5.74, 6) is -1.52. The monoisotopic (exact) mass is 245 g/mol. The molecule has 3 rings (SSSR count). The normalized spacial score (nSPS) is 25.2. The van der Waals surface area contributed by atoms with Gasteiger partial charge in [-0.15, -0.1) is 0 Å². The Morgan fingerprint density at radius 3 is 2.56 bits per heavy atom. The van der Waals surface area contributed by atoms with Crippen LogP contribution in [0.4, 0.5) is 5.69 Å². The summed E-state index contributed by atoms with van der Waals surface area (Å²) in [5.41, 5.74) is 1.07. The standard InChI is InChI=1S/C13H11NO4/c15-11(16)5-7-2-1-3-8(4-7)14-12(17)9-6-10(9)13(14)18/h1-4,9-10H,5-6H2,(H,15,16). The lowest BCUT2D eigenvalue weighted by molar-refractivity contribution is -0.136. The van der Waals surface area contributed by atoms with E-state index >= 15 is 0 Å². The smallest absolute Gasteiger partial charge is 0.307 e. The summed E-state index contributed by atoms with van der Waals surface area (Å²) in [5, 5.41) is 8.73. The van der Waals surface area contributed by atoms with E-state index in [1.807, 2.05) is 0 Å². The largest absolute Gasteiger partial charge is 0.481 e. The van der Waals surface area contributed by atoms with Gasteiger partial charge in [-0.2, -0.15) is 0 Å². The van der Waals surface area contributed by atoms with Gasteiger partial charge in [0.1, 0.15) is 0 Å². The first-order chi connectivity index (χ1) is 8.58. The van der Waals surface area contributed by atoms with Gasteiger partial charge in [0, 0.05) is 0 Å². The maximum absolute atomic E-state index is 11.9. The number of carboxylic acids is 1. The molecule has 0 spiro atoms. The molecule has 1 N–H and O–H groups in total. The second-order valence-electron chi connectivity index (χ2n) is 4.70. The topological polar surface area (TPSA) is 74.7 Å². The summed E-state index contributed by atoms with van der Waals surface area (Å²) in [7, 11) is 0. The number of carbonyl (C=O) groups is 3. The molecule has 1 saturated carbocycles. The van der Waals surface area contributed by atoms with Gasteiger partial charge in [0.15, 0.2) is 0 Å². The molecule has 2 unspecified atom stereocenters. The summed E-state index contributed by atoms with van der Waals surface area (Å²) in [6, 6.07) is 6.59. The number of nitrogens with zero attached hydrogens (tertiary/aromatic N) is 1. The van der Waals surface area contributed by atoms with E-state index in [9.17, 15) is 14.4 Å². The number of anilines is 1. The number of hydrogen-bond acceptors (Lipinski definition) is 3. The number of hydrogen-bond donors (Lipinski definition) is 1. The lowest BCUT2D eigenvalue weighted by atomic mass is 10.1. The average molecular weight is 245 g/mol. The number of benzene rings is 1. The highest BCUT2D eigenvalue weighted by molar-refractivity contribution is 6.24. The van der Waals surface area contributed by atoms with Gasteiger partial charge < -0.3 is 5.11 Å². The number of carboxylic acid groups (broad SMARTS) is 1. The molecular weight excluding hydrogens is 234 g/mol. The minimum absolute atomic E-state index is 0.114.